The Bertz CT molecular complexity index is 1210. The zero-order valence-corrected chi connectivity index (χ0v) is 17.9. The molecule has 2 aromatic heterocycles. The van der Waals surface area contributed by atoms with Crippen molar-refractivity contribution in [1.82, 2.24) is 19.7 Å². The summed E-state index contributed by atoms with van der Waals surface area (Å²) in [6.45, 7) is -0.175. The number of methoxy groups -OCH3 is 1. The summed E-state index contributed by atoms with van der Waals surface area (Å²) in [6, 6.07) is 8.91. The highest BCUT2D eigenvalue weighted by Crippen LogP contribution is 2.40. The molecule has 2 aliphatic rings. The van der Waals surface area contributed by atoms with Gasteiger partial charge in [0.15, 0.2) is 6.61 Å². The van der Waals surface area contributed by atoms with Crippen LogP contribution in [0.3, 0.4) is 0 Å². The third-order valence-electron chi connectivity index (χ3n) is 5.78. The predicted molar refractivity (Wildman–Crippen MR) is 118 cm³/mol. The minimum atomic E-state index is -0.336. The lowest BCUT2D eigenvalue weighted by atomic mass is 9.97. The first-order valence-corrected chi connectivity index (χ1v) is 10.9. The fraction of sp³-hybridized carbons (Fsp3) is 0.391. The first-order valence-electron chi connectivity index (χ1n) is 10.9. The highest BCUT2D eigenvalue weighted by atomic mass is 16.5. The van der Waals surface area contributed by atoms with Gasteiger partial charge in [0.05, 0.1) is 18.5 Å². The number of ether oxygens (including phenoxy) is 2. The number of aromatic amines is 1. The van der Waals surface area contributed by atoms with E-state index >= 15 is 0 Å². The molecule has 1 aromatic carbocycles. The SMILES string of the molecule is COc1cccc(OCC(=O)Nc2cc(C3CC3)nn2-c2nc3c(c(=O)[nH]2)CCCC3)c1. The summed E-state index contributed by atoms with van der Waals surface area (Å²) in [4.78, 5) is 32.7. The molecule has 1 fully saturated rings. The summed E-state index contributed by atoms with van der Waals surface area (Å²) >= 11 is 0. The van der Waals surface area contributed by atoms with Crippen molar-refractivity contribution in [2.45, 2.75) is 44.4 Å². The molecule has 0 bridgehead atoms. The Morgan fingerprint density at radius 1 is 1.22 bits per heavy atom. The van der Waals surface area contributed by atoms with E-state index in [1.807, 2.05) is 6.07 Å². The molecule has 0 unspecified atom stereocenters. The van der Waals surface area contributed by atoms with Crippen LogP contribution in [-0.2, 0) is 17.6 Å². The minimum Gasteiger partial charge on any atom is -0.497 e. The fourth-order valence-corrected chi connectivity index (χ4v) is 3.94. The number of nitrogens with zero attached hydrogens (tertiary/aromatic N) is 3. The summed E-state index contributed by atoms with van der Waals surface area (Å²) in [5.41, 5.74) is 2.32. The summed E-state index contributed by atoms with van der Waals surface area (Å²) in [5.74, 6) is 2.02. The van der Waals surface area contributed by atoms with Crippen LogP contribution in [0, 0.1) is 0 Å². The molecule has 2 heterocycles. The molecule has 0 spiro atoms. The molecule has 3 aromatic rings. The standard InChI is InChI=1S/C23H25N5O4/c1-31-15-5-4-6-16(11-15)32-13-21(29)25-20-12-19(14-9-10-14)27-28(20)23-24-18-8-3-2-7-17(18)22(30)26-23/h4-6,11-12,14H,2-3,7-10,13H2,1H3,(H,25,29)(H,24,26,30). The van der Waals surface area contributed by atoms with Crippen LogP contribution >= 0.6 is 0 Å². The van der Waals surface area contributed by atoms with Crippen molar-refractivity contribution < 1.29 is 14.3 Å². The van der Waals surface area contributed by atoms with Gasteiger partial charge in [-0.2, -0.15) is 9.78 Å². The first kappa shape index (κ1) is 20.3. The maximum absolute atomic E-state index is 12.6. The van der Waals surface area contributed by atoms with Crippen molar-refractivity contribution in [1.29, 1.82) is 0 Å². The van der Waals surface area contributed by atoms with Gasteiger partial charge < -0.3 is 14.8 Å². The van der Waals surface area contributed by atoms with E-state index in [-0.39, 0.29) is 18.1 Å². The van der Waals surface area contributed by atoms with E-state index in [2.05, 4.69) is 20.4 Å². The lowest BCUT2D eigenvalue weighted by Crippen LogP contribution is -2.26. The number of carbonyl (C=O) groups excluding carboxylic acids is 1. The number of hydrogen-bond donors (Lipinski definition) is 2. The normalized spacial score (nSPS) is 15.2. The molecule has 0 aliphatic heterocycles. The van der Waals surface area contributed by atoms with Gasteiger partial charge in [0.2, 0.25) is 5.95 Å². The molecule has 1 saturated carbocycles. The Kier molecular flexibility index (Phi) is 5.38. The van der Waals surface area contributed by atoms with E-state index in [4.69, 9.17) is 9.47 Å². The van der Waals surface area contributed by atoms with Gasteiger partial charge in [0, 0.05) is 23.6 Å². The number of fused-ring (bicyclic) bond motifs is 1. The van der Waals surface area contributed by atoms with Crippen LogP contribution in [0.2, 0.25) is 0 Å². The average Bonchev–Trinajstić information content (AvgIpc) is 3.58. The van der Waals surface area contributed by atoms with E-state index in [0.29, 0.717) is 29.2 Å². The molecule has 32 heavy (non-hydrogen) atoms. The van der Waals surface area contributed by atoms with E-state index in [0.717, 1.165) is 55.5 Å². The van der Waals surface area contributed by atoms with Crippen molar-refractivity contribution in [3.05, 3.63) is 57.6 Å². The van der Waals surface area contributed by atoms with Gasteiger partial charge in [-0.3, -0.25) is 14.6 Å². The largest absolute Gasteiger partial charge is 0.497 e. The molecule has 2 aliphatic carbocycles. The number of nitrogens with one attached hydrogen (secondary N) is 2. The molecule has 1 amide bonds. The van der Waals surface area contributed by atoms with Crippen LogP contribution in [0.4, 0.5) is 5.82 Å². The number of anilines is 1. The second-order valence-electron chi connectivity index (χ2n) is 8.18. The maximum Gasteiger partial charge on any atom is 0.263 e. The Balaban J connectivity index is 1.38. The van der Waals surface area contributed by atoms with Gasteiger partial charge in [-0.25, -0.2) is 4.98 Å². The smallest absolute Gasteiger partial charge is 0.263 e. The number of benzene rings is 1. The van der Waals surface area contributed by atoms with Crippen molar-refractivity contribution in [2.24, 2.45) is 0 Å². The van der Waals surface area contributed by atoms with Crippen LogP contribution < -0.4 is 20.3 Å². The van der Waals surface area contributed by atoms with Crippen molar-refractivity contribution in [2.75, 3.05) is 19.0 Å². The Labute approximate surface area is 184 Å². The fourth-order valence-electron chi connectivity index (χ4n) is 3.94. The molecule has 0 radical (unpaired) electrons. The predicted octanol–water partition coefficient (Wildman–Crippen LogP) is 2.74. The Hall–Kier alpha value is -3.62. The first-order chi connectivity index (χ1) is 15.6. The second kappa shape index (κ2) is 8.49. The summed E-state index contributed by atoms with van der Waals surface area (Å²) in [6.07, 6.45) is 5.67. The van der Waals surface area contributed by atoms with Gasteiger partial charge in [-0.15, -0.1) is 0 Å². The number of rotatable bonds is 7. The Morgan fingerprint density at radius 2 is 2.03 bits per heavy atom. The van der Waals surface area contributed by atoms with Crippen molar-refractivity contribution in [3.8, 4) is 17.4 Å². The quantitative estimate of drug-likeness (QED) is 0.590. The average molecular weight is 435 g/mol. The van der Waals surface area contributed by atoms with Crippen molar-refractivity contribution >= 4 is 11.7 Å². The number of H-pyrrole nitrogens is 1. The van der Waals surface area contributed by atoms with E-state index in [1.165, 1.54) is 4.68 Å². The van der Waals surface area contributed by atoms with Crippen LogP contribution in [0.15, 0.2) is 35.1 Å². The number of carbonyl (C=O) groups is 1. The number of hydrogen-bond acceptors (Lipinski definition) is 6. The van der Waals surface area contributed by atoms with Gasteiger partial charge in [0.25, 0.3) is 11.5 Å². The summed E-state index contributed by atoms with van der Waals surface area (Å²) in [7, 11) is 1.57. The monoisotopic (exact) mass is 435 g/mol. The highest BCUT2D eigenvalue weighted by Gasteiger charge is 2.29. The highest BCUT2D eigenvalue weighted by molar-refractivity contribution is 5.91. The molecule has 2 N–H and O–H groups in total. The Morgan fingerprint density at radius 3 is 2.84 bits per heavy atom. The molecule has 9 heteroatoms. The summed E-state index contributed by atoms with van der Waals surface area (Å²) in [5, 5.41) is 7.49. The third-order valence-corrected chi connectivity index (χ3v) is 5.78. The minimum absolute atomic E-state index is 0.133. The van der Waals surface area contributed by atoms with Gasteiger partial charge in [-0.1, -0.05) is 6.07 Å². The van der Waals surface area contributed by atoms with E-state index in [9.17, 15) is 9.59 Å². The molecule has 166 valence electrons. The molecular formula is C23H25N5O4. The zero-order valence-electron chi connectivity index (χ0n) is 17.9. The number of aryl methyl sites for hydroxylation is 1. The van der Waals surface area contributed by atoms with Crippen LogP contribution in [0.5, 0.6) is 11.5 Å². The third kappa shape index (κ3) is 4.23. The number of aromatic nitrogens is 4. The van der Waals surface area contributed by atoms with Crippen LogP contribution in [0.1, 0.15) is 48.6 Å². The van der Waals surface area contributed by atoms with E-state index < -0.39 is 0 Å². The second-order valence-corrected chi connectivity index (χ2v) is 8.18. The molecule has 9 nitrogen and oxygen atoms in total. The van der Waals surface area contributed by atoms with Crippen LogP contribution in [0.25, 0.3) is 5.95 Å². The topological polar surface area (TPSA) is 111 Å². The number of amides is 1. The van der Waals surface area contributed by atoms with E-state index in [1.54, 1.807) is 31.4 Å². The zero-order chi connectivity index (χ0) is 22.1. The van der Waals surface area contributed by atoms with Crippen LogP contribution in [-0.4, -0.2) is 39.4 Å². The summed E-state index contributed by atoms with van der Waals surface area (Å²) < 4.78 is 12.3. The lowest BCUT2D eigenvalue weighted by Gasteiger charge is -2.15. The maximum atomic E-state index is 12.6. The molecular weight excluding hydrogens is 410 g/mol. The van der Waals surface area contributed by atoms with Gasteiger partial charge in [0.1, 0.15) is 17.3 Å². The molecule has 0 saturated heterocycles. The van der Waals surface area contributed by atoms with Gasteiger partial charge >= 0.3 is 0 Å². The lowest BCUT2D eigenvalue weighted by molar-refractivity contribution is -0.118. The van der Waals surface area contributed by atoms with Gasteiger partial charge in [-0.05, 0) is 50.7 Å². The molecule has 5 rings (SSSR count). The molecule has 0 atom stereocenters. The van der Waals surface area contributed by atoms with Crippen molar-refractivity contribution in [3.63, 3.8) is 0 Å².